The minimum atomic E-state index is 0.465. The molecular formula is C61H34N12. The van der Waals surface area contributed by atoms with Crippen molar-refractivity contribution >= 4 is 71.5 Å². The lowest BCUT2D eigenvalue weighted by atomic mass is 9.94. The van der Waals surface area contributed by atoms with E-state index in [-0.39, 0.29) is 0 Å². The van der Waals surface area contributed by atoms with Crippen LogP contribution >= 0.6 is 0 Å². The highest BCUT2D eigenvalue weighted by atomic mass is 15.0. The van der Waals surface area contributed by atoms with Gasteiger partial charge in [0.15, 0.2) is 40.1 Å². The predicted octanol–water partition coefficient (Wildman–Crippen LogP) is 13.3. The Morgan fingerprint density at radius 3 is 1.26 bits per heavy atom. The van der Waals surface area contributed by atoms with Crippen LogP contribution in [0.15, 0.2) is 207 Å². The van der Waals surface area contributed by atoms with E-state index in [2.05, 4.69) is 109 Å². The molecule has 0 aliphatic rings. The molecule has 15 rings (SSSR count). The van der Waals surface area contributed by atoms with Crippen LogP contribution in [0.1, 0.15) is 0 Å². The molecule has 0 aliphatic heterocycles. The van der Waals surface area contributed by atoms with Gasteiger partial charge in [-0.05, 0) is 41.1 Å². The fraction of sp³-hybridized carbons (Fsp3) is 0. The second-order valence-electron chi connectivity index (χ2n) is 17.9. The largest absolute Gasteiger partial charge is 0.308 e. The second kappa shape index (κ2) is 16.1. The first kappa shape index (κ1) is 40.5. The van der Waals surface area contributed by atoms with Crippen LogP contribution in [0.4, 0.5) is 0 Å². The molecule has 0 unspecified atom stereocenters. The molecule has 0 radical (unpaired) electrons. The molecule has 7 heterocycles. The van der Waals surface area contributed by atoms with Crippen LogP contribution in [0.2, 0.25) is 0 Å². The topological polar surface area (TPSA) is 146 Å². The molecule has 0 aliphatic carbocycles. The van der Waals surface area contributed by atoms with Gasteiger partial charge in [-0.15, -0.1) is 0 Å². The lowest BCUT2D eigenvalue weighted by Gasteiger charge is -2.17. The number of aromatic nitrogens is 12. The highest BCUT2D eigenvalue weighted by Crippen LogP contribution is 2.46. The van der Waals surface area contributed by atoms with Gasteiger partial charge in [0.1, 0.15) is 0 Å². The maximum absolute atomic E-state index is 5.25. The number of pyridine rings is 1. The standard InChI is InChI=1S/C61H34N12/c1-5-14-35(15-6-1)50-52(68-60-58(66-50)62-28-30-64-60)39-24-25-41-45-32-40(53-51(36-16-7-2-8-17-36)67-59-61(69-53)65-31-29-63-59)33-46-43-23-13-22-42-44(26-27-47(49(42)43)73(54(45)46)48(41)34-39)57-71-55(37-18-9-3-10-19-37)70-56(72-57)38-20-11-4-12-21-38/h1-34H. The molecule has 12 heteroatoms. The Bertz CT molecular complexity index is 4610. The SMILES string of the molecule is c1ccc(-c2nc(-c3ccccc3)nc(-c3ccc4c5c3cccc5c3cc(-c5nc6nccnc6nc5-c5ccccc5)cc5c6ccc(-c7nc8nccnc8nc7-c7ccccc7)cc6n4c35)n2)cc1. The zero-order chi connectivity index (χ0) is 48.0. The van der Waals surface area contributed by atoms with Gasteiger partial charge in [0.25, 0.3) is 0 Å². The van der Waals surface area contributed by atoms with E-state index in [1.165, 1.54) is 0 Å². The fourth-order valence-electron chi connectivity index (χ4n) is 10.4. The van der Waals surface area contributed by atoms with Gasteiger partial charge in [0.2, 0.25) is 0 Å². The first-order valence-electron chi connectivity index (χ1n) is 23.8. The fourth-order valence-corrected chi connectivity index (χ4v) is 10.4. The molecule has 0 fully saturated rings. The van der Waals surface area contributed by atoms with Crippen LogP contribution in [0.25, 0.3) is 151 Å². The normalized spacial score (nSPS) is 11.8. The number of benzene rings is 8. The van der Waals surface area contributed by atoms with E-state index < -0.39 is 0 Å². The van der Waals surface area contributed by atoms with Gasteiger partial charge < -0.3 is 4.40 Å². The van der Waals surface area contributed by atoms with E-state index in [1.54, 1.807) is 24.8 Å². The summed E-state index contributed by atoms with van der Waals surface area (Å²) in [6, 6.07) is 62.4. The number of nitrogens with zero attached hydrogens (tertiary/aromatic N) is 12. The Kier molecular flexibility index (Phi) is 8.95. The molecule has 0 atom stereocenters. The van der Waals surface area contributed by atoms with E-state index >= 15 is 0 Å². The van der Waals surface area contributed by atoms with Crippen molar-refractivity contribution in [2.75, 3.05) is 0 Å². The summed E-state index contributed by atoms with van der Waals surface area (Å²) in [6.07, 6.45) is 6.61. The van der Waals surface area contributed by atoms with Gasteiger partial charge in [0, 0.05) is 85.3 Å². The summed E-state index contributed by atoms with van der Waals surface area (Å²) >= 11 is 0. The van der Waals surface area contributed by atoms with Crippen molar-refractivity contribution in [3.05, 3.63) is 207 Å². The van der Waals surface area contributed by atoms with Gasteiger partial charge >= 0.3 is 0 Å². The monoisotopic (exact) mass is 934 g/mol. The summed E-state index contributed by atoms with van der Waals surface area (Å²) in [7, 11) is 0. The van der Waals surface area contributed by atoms with Gasteiger partial charge in [-0.2, -0.15) is 0 Å². The van der Waals surface area contributed by atoms with Crippen LogP contribution in [0, 0.1) is 0 Å². The Morgan fingerprint density at radius 1 is 0.274 bits per heavy atom. The number of hydrogen-bond donors (Lipinski definition) is 0. The maximum atomic E-state index is 5.25. The van der Waals surface area contributed by atoms with Crippen LogP contribution in [-0.4, -0.2) is 59.2 Å². The van der Waals surface area contributed by atoms with Crippen molar-refractivity contribution < 1.29 is 0 Å². The van der Waals surface area contributed by atoms with Gasteiger partial charge in [-0.1, -0.05) is 152 Å². The average Bonchev–Trinajstić information content (AvgIpc) is 3.80. The molecule has 0 saturated heterocycles. The highest BCUT2D eigenvalue weighted by molar-refractivity contribution is 6.29. The van der Waals surface area contributed by atoms with Crippen molar-refractivity contribution in [1.82, 2.24) is 59.2 Å². The summed E-state index contributed by atoms with van der Waals surface area (Å²) in [5.74, 6) is 1.77. The van der Waals surface area contributed by atoms with Crippen molar-refractivity contribution in [3.63, 3.8) is 0 Å². The first-order valence-corrected chi connectivity index (χ1v) is 23.8. The van der Waals surface area contributed by atoms with Crippen molar-refractivity contribution in [2.24, 2.45) is 0 Å². The quantitative estimate of drug-likeness (QED) is 0.111. The summed E-state index contributed by atoms with van der Waals surface area (Å²) in [6.45, 7) is 0. The maximum Gasteiger partial charge on any atom is 0.198 e. The Balaban J connectivity index is 1.06. The zero-order valence-electron chi connectivity index (χ0n) is 38.5. The molecular weight excluding hydrogens is 901 g/mol. The van der Waals surface area contributed by atoms with Crippen LogP contribution in [-0.2, 0) is 0 Å². The van der Waals surface area contributed by atoms with E-state index in [0.29, 0.717) is 57.1 Å². The van der Waals surface area contributed by atoms with Gasteiger partial charge in [-0.3, -0.25) is 0 Å². The summed E-state index contributed by atoms with van der Waals surface area (Å²) in [4.78, 5) is 54.4. The molecule has 0 spiro atoms. The molecule has 338 valence electrons. The van der Waals surface area contributed by atoms with Crippen LogP contribution < -0.4 is 0 Å². The van der Waals surface area contributed by atoms with E-state index in [9.17, 15) is 0 Å². The van der Waals surface area contributed by atoms with Gasteiger partial charge in [-0.25, -0.2) is 54.8 Å². The Hall–Kier alpha value is -10.3. The smallest absolute Gasteiger partial charge is 0.198 e. The summed E-state index contributed by atoms with van der Waals surface area (Å²) in [5.41, 5.74) is 14.1. The zero-order valence-corrected chi connectivity index (χ0v) is 38.5. The third kappa shape index (κ3) is 6.51. The van der Waals surface area contributed by atoms with Crippen LogP contribution in [0.3, 0.4) is 0 Å². The van der Waals surface area contributed by atoms with Gasteiger partial charge in [0.05, 0.1) is 39.3 Å². The lowest BCUT2D eigenvalue weighted by Crippen LogP contribution is -2.01. The minimum Gasteiger partial charge on any atom is -0.308 e. The molecule has 12 nitrogen and oxygen atoms in total. The average molecular weight is 935 g/mol. The van der Waals surface area contributed by atoms with Crippen molar-refractivity contribution in [2.45, 2.75) is 0 Å². The molecule has 15 aromatic rings. The number of fused-ring (bicyclic) bond motifs is 7. The van der Waals surface area contributed by atoms with E-state index in [1.807, 2.05) is 97.1 Å². The van der Waals surface area contributed by atoms with Crippen LogP contribution in [0.5, 0.6) is 0 Å². The Labute approximate surface area is 414 Å². The molecule has 0 bridgehead atoms. The molecule has 8 aromatic carbocycles. The highest BCUT2D eigenvalue weighted by Gasteiger charge is 2.25. The lowest BCUT2D eigenvalue weighted by molar-refractivity contribution is 1.08. The number of hydrogen-bond acceptors (Lipinski definition) is 11. The second-order valence-corrected chi connectivity index (χ2v) is 17.9. The Morgan fingerprint density at radius 2 is 0.726 bits per heavy atom. The third-order valence-electron chi connectivity index (χ3n) is 13.6. The van der Waals surface area contributed by atoms with E-state index in [4.69, 9.17) is 34.9 Å². The third-order valence-corrected chi connectivity index (χ3v) is 13.6. The summed E-state index contributed by atoms with van der Waals surface area (Å²) in [5, 5.41) is 6.26. The number of rotatable bonds is 7. The van der Waals surface area contributed by atoms with Crippen molar-refractivity contribution in [3.8, 4) is 79.2 Å². The molecule has 0 N–H and O–H groups in total. The predicted molar refractivity (Wildman–Crippen MR) is 287 cm³/mol. The molecule has 73 heavy (non-hydrogen) atoms. The molecule has 0 amide bonds. The summed E-state index contributed by atoms with van der Waals surface area (Å²) < 4.78 is 2.40. The van der Waals surface area contributed by atoms with E-state index in [0.717, 1.165) is 93.5 Å². The molecule has 7 aromatic heterocycles. The molecule has 0 saturated carbocycles. The minimum absolute atomic E-state index is 0.465. The van der Waals surface area contributed by atoms with Crippen molar-refractivity contribution in [1.29, 1.82) is 0 Å². The first-order chi connectivity index (χ1) is 36.2.